The van der Waals surface area contributed by atoms with Gasteiger partial charge >= 0.3 is 0 Å². The first-order valence-corrected chi connectivity index (χ1v) is 8.18. The predicted octanol–water partition coefficient (Wildman–Crippen LogP) is 3.48. The number of hydrogen-bond donors (Lipinski definition) is 2. The van der Waals surface area contributed by atoms with Gasteiger partial charge in [-0.2, -0.15) is 11.3 Å². The Morgan fingerprint density at radius 1 is 1.33 bits per heavy atom. The molecule has 2 aliphatic carbocycles. The predicted molar refractivity (Wildman–Crippen MR) is 75.8 cm³/mol. The molecule has 1 heterocycles. The summed E-state index contributed by atoms with van der Waals surface area (Å²) in [5.74, 6) is 0. The fraction of sp³-hybridized carbons (Fsp3) is 0.733. The molecule has 0 saturated heterocycles. The zero-order valence-corrected chi connectivity index (χ0v) is 11.7. The highest BCUT2D eigenvalue weighted by Crippen LogP contribution is 2.51. The topological polar surface area (TPSA) is 32.3 Å². The van der Waals surface area contributed by atoms with Crippen molar-refractivity contribution in [3.8, 4) is 0 Å². The van der Waals surface area contributed by atoms with Crippen LogP contribution in [-0.2, 0) is 0 Å². The molecule has 100 valence electrons. The molecule has 3 heteroatoms. The average molecular weight is 265 g/mol. The molecule has 0 radical (unpaired) electrons. The van der Waals surface area contributed by atoms with Crippen molar-refractivity contribution in [3.63, 3.8) is 0 Å². The van der Waals surface area contributed by atoms with Crippen LogP contribution in [0.5, 0.6) is 0 Å². The minimum absolute atomic E-state index is 0.336. The van der Waals surface area contributed by atoms with Crippen LogP contribution in [0.2, 0.25) is 0 Å². The first-order chi connectivity index (χ1) is 8.80. The number of rotatable bonds is 4. The van der Waals surface area contributed by atoms with Crippen molar-refractivity contribution in [2.45, 2.75) is 57.1 Å². The van der Waals surface area contributed by atoms with Crippen LogP contribution in [0, 0.1) is 5.41 Å². The number of nitrogens with one attached hydrogen (secondary N) is 1. The molecule has 0 amide bonds. The van der Waals surface area contributed by atoms with E-state index in [1.807, 2.05) is 16.8 Å². The third-order valence-corrected chi connectivity index (χ3v) is 5.71. The second-order valence-corrected chi connectivity index (χ2v) is 6.78. The molecule has 0 bridgehead atoms. The van der Waals surface area contributed by atoms with E-state index in [4.69, 9.17) is 0 Å². The van der Waals surface area contributed by atoms with E-state index in [0.717, 1.165) is 5.56 Å². The molecule has 2 saturated carbocycles. The van der Waals surface area contributed by atoms with E-state index in [0.29, 0.717) is 18.0 Å². The number of thiophene rings is 1. The Balaban J connectivity index is 1.51. The van der Waals surface area contributed by atoms with Crippen molar-refractivity contribution in [2.24, 2.45) is 5.41 Å². The van der Waals surface area contributed by atoms with Crippen molar-refractivity contribution in [2.75, 3.05) is 6.54 Å². The highest BCUT2D eigenvalue weighted by atomic mass is 32.1. The lowest BCUT2D eigenvalue weighted by Crippen LogP contribution is -2.55. The maximum atomic E-state index is 10.1. The third-order valence-electron chi connectivity index (χ3n) is 5.00. The van der Waals surface area contributed by atoms with E-state index in [9.17, 15) is 5.11 Å². The summed E-state index contributed by atoms with van der Waals surface area (Å²) in [7, 11) is 0. The van der Waals surface area contributed by atoms with E-state index in [1.165, 1.54) is 44.9 Å². The Hall–Kier alpha value is -0.380. The van der Waals surface area contributed by atoms with Crippen LogP contribution in [0.3, 0.4) is 0 Å². The van der Waals surface area contributed by atoms with Gasteiger partial charge in [0.25, 0.3) is 0 Å². The minimum atomic E-state index is -0.336. The van der Waals surface area contributed by atoms with Crippen molar-refractivity contribution >= 4 is 11.3 Å². The number of hydrogen-bond acceptors (Lipinski definition) is 3. The fourth-order valence-electron chi connectivity index (χ4n) is 3.71. The van der Waals surface area contributed by atoms with Gasteiger partial charge < -0.3 is 10.4 Å². The minimum Gasteiger partial charge on any atom is -0.387 e. The number of aliphatic hydroxyl groups excluding tert-OH is 1. The Kier molecular flexibility index (Phi) is 3.73. The Bertz CT molecular complexity index is 370. The zero-order chi connectivity index (χ0) is 12.4. The first-order valence-electron chi connectivity index (χ1n) is 7.24. The van der Waals surface area contributed by atoms with Gasteiger partial charge in [0.2, 0.25) is 0 Å². The maximum absolute atomic E-state index is 10.1. The van der Waals surface area contributed by atoms with E-state index in [2.05, 4.69) is 5.32 Å². The lowest BCUT2D eigenvalue weighted by molar-refractivity contribution is 0.0156. The molecular formula is C15H23NOS. The van der Waals surface area contributed by atoms with E-state index < -0.39 is 0 Å². The van der Waals surface area contributed by atoms with Crippen LogP contribution in [0.15, 0.2) is 16.8 Å². The van der Waals surface area contributed by atoms with Gasteiger partial charge in [-0.05, 0) is 53.5 Å². The molecule has 18 heavy (non-hydrogen) atoms. The molecule has 2 N–H and O–H groups in total. The van der Waals surface area contributed by atoms with E-state index in [1.54, 1.807) is 11.3 Å². The van der Waals surface area contributed by atoms with Crippen molar-refractivity contribution in [3.05, 3.63) is 22.4 Å². The lowest BCUT2D eigenvalue weighted by Gasteiger charge is -2.52. The monoisotopic (exact) mass is 265 g/mol. The molecule has 1 aromatic heterocycles. The van der Waals surface area contributed by atoms with Gasteiger partial charge in [-0.15, -0.1) is 0 Å². The summed E-state index contributed by atoms with van der Waals surface area (Å²) >= 11 is 1.66. The van der Waals surface area contributed by atoms with Gasteiger partial charge in [0, 0.05) is 12.6 Å². The molecule has 1 aromatic rings. The molecule has 2 aliphatic rings. The van der Waals surface area contributed by atoms with E-state index in [-0.39, 0.29) is 6.10 Å². The van der Waals surface area contributed by atoms with Gasteiger partial charge in [0.15, 0.2) is 0 Å². The van der Waals surface area contributed by atoms with Crippen LogP contribution in [0.25, 0.3) is 0 Å². The van der Waals surface area contributed by atoms with Crippen molar-refractivity contribution < 1.29 is 5.11 Å². The SMILES string of the molecule is OC(CNC1CCC12CCCCC2)c1ccsc1. The summed E-state index contributed by atoms with van der Waals surface area (Å²) in [4.78, 5) is 0. The van der Waals surface area contributed by atoms with E-state index >= 15 is 0 Å². The van der Waals surface area contributed by atoms with Gasteiger partial charge in [-0.3, -0.25) is 0 Å². The first kappa shape index (κ1) is 12.6. The van der Waals surface area contributed by atoms with Crippen LogP contribution >= 0.6 is 11.3 Å². The van der Waals surface area contributed by atoms with Crippen molar-refractivity contribution in [1.29, 1.82) is 0 Å². The summed E-state index contributed by atoms with van der Waals surface area (Å²) < 4.78 is 0. The molecule has 2 atom stereocenters. The average Bonchev–Trinajstić information content (AvgIpc) is 2.92. The van der Waals surface area contributed by atoms with Gasteiger partial charge in [-0.25, -0.2) is 0 Å². The van der Waals surface area contributed by atoms with Crippen molar-refractivity contribution in [1.82, 2.24) is 5.32 Å². The molecule has 0 aliphatic heterocycles. The highest BCUT2D eigenvalue weighted by molar-refractivity contribution is 7.07. The molecule has 2 unspecified atom stereocenters. The standard InChI is InChI=1S/C15H23NOS/c17-13(12-5-9-18-11-12)10-16-14-4-8-15(14)6-2-1-3-7-15/h5,9,11,13-14,16-17H,1-4,6-8,10H2. The quantitative estimate of drug-likeness (QED) is 0.873. The second kappa shape index (κ2) is 5.32. The normalized spacial score (nSPS) is 27.9. The largest absolute Gasteiger partial charge is 0.387 e. The Morgan fingerprint density at radius 2 is 2.17 bits per heavy atom. The van der Waals surface area contributed by atoms with Crippen LogP contribution < -0.4 is 5.32 Å². The maximum Gasteiger partial charge on any atom is 0.0922 e. The molecule has 2 fully saturated rings. The smallest absolute Gasteiger partial charge is 0.0922 e. The molecule has 1 spiro atoms. The van der Waals surface area contributed by atoms with Crippen LogP contribution in [-0.4, -0.2) is 17.7 Å². The highest BCUT2D eigenvalue weighted by Gasteiger charge is 2.46. The van der Waals surface area contributed by atoms with Gasteiger partial charge in [-0.1, -0.05) is 19.3 Å². The fourth-order valence-corrected chi connectivity index (χ4v) is 4.41. The Morgan fingerprint density at radius 3 is 2.78 bits per heavy atom. The molecular weight excluding hydrogens is 242 g/mol. The molecule has 2 nitrogen and oxygen atoms in total. The van der Waals surface area contributed by atoms with Gasteiger partial charge in [0.05, 0.1) is 6.10 Å². The summed E-state index contributed by atoms with van der Waals surface area (Å²) in [5.41, 5.74) is 1.65. The summed E-state index contributed by atoms with van der Waals surface area (Å²) in [6.45, 7) is 0.711. The summed E-state index contributed by atoms with van der Waals surface area (Å²) in [6, 6.07) is 2.68. The zero-order valence-electron chi connectivity index (χ0n) is 10.9. The second-order valence-electron chi connectivity index (χ2n) is 6.00. The summed E-state index contributed by atoms with van der Waals surface area (Å²) in [5, 5.41) is 17.8. The summed E-state index contributed by atoms with van der Waals surface area (Å²) in [6.07, 6.45) is 9.41. The van der Waals surface area contributed by atoms with Crippen LogP contribution in [0.4, 0.5) is 0 Å². The third kappa shape index (κ3) is 2.36. The molecule has 3 rings (SSSR count). The van der Waals surface area contributed by atoms with Gasteiger partial charge in [0.1, 0.15) is 0 Å². The number of aliphatic hydroxyl groups is 1. The molecule has 0 aromatic carbocycles. The van der Waals surface area contributed by atoms with Crippen LogP contribution in [0.1, 0.15) is 56.6 Å². The Labute approximate surface area is 113 Å². The lowest BCUT2D eigenvalue weighted by atomic mass is 9.57.